The Morgan fingerprint density at radius 2 is 1.76 bits per heavy atom. The summed E-state index contributed by atoms with van der Waals surface area (Å²) in [6, 6.07) is -0.0312. The number of unbranched alkanes of at least 4 members (excludes halogenated alkanes) is 3. The number of hydrogen-bond donors (Lipinski definition) is 2. The van der Waals surface area contributed by atoms with Gasteiger partial charge in [0.2, 0.25) is 5.91 Å². The Morgan fingerprint density at radius 3 is 2.45 bits per heavy atom. The Bertz CT molecular complexity index is 585. The lowest BCUT2D eigenvalue weighted by Gasteiger charge is -2.25. The van der Waals surface area contributed by atoms with Crippen LogP contribution in [0.1, 0.15) is 91.9 Å². The minimum Gasteiger partial charge on any atom is -0.449 e. The molecule has 33 heavy (non-hydrogen) atoms. The molecule has 7 heteroatoms. The van der Waals surface area contributed by atoms with Crippen molar-refractivity contribution < 1.29 is 24.2 Å². The van der Waals surface area contributed by atoms with E-state index in [1.54, 1.807) is 4.90 Å². The summed E-state index contributed by atoms with van der Waals surface area (Å²) >= 11 is 0. The number of alkyl carbamates (subject to hydrolysis) is 1. The first-order chi connectivity index (χ1) is 15.9. The van der Waals surface area contributed by atoms with Gasteiger partial charge in [0, 0.05) is 19.5 Å². The van der Waals surface area contributed by atoms with Crippen molar-refractivity contribution in [3.63, 3.8) is 0 Å². The molecule has 2 N–H and O–H groups in total. The molecular formula is C26H48N2O5. The zero-order valence-corrected chi connectivity index (χ0v) is 21.4. The smallest absolute Gasteiger partial charge is 0.407 e. The molecule has 1 aliphatic carbocycles. The van der Waals surface area contributed by atoms with Crippen LogP contribution in [-0.2, 0) is 14.3 Å². The summed E-state index contributed by atoms with van der Waals surface area (Å²) < 4.78 is 11.1. The molecule has 0 aromatic heterocycles. The first kappa shape index (κ1) is 27.9. The Hall–Kier alpha value is -1.34. The third-order valence-corrected chi connectivity index (χ3v) is 7.10. The van der Waals surface area contributed by atoms with Gasteiger partial charge in [-0.2, -0.15) is 0 Å². The maximum absolute atomic E-state index is 12.6. The van der Waals surface area contributed by atoms with Gasteiger partial charge in [0.25, 0.3) is 0 Å². The topological polar surface area (TPSA) is 88.1 Å². The van der Waals surface area contributed by atoms with E-state index in [-0.39, 0.29) is 24.1 Å². The molecule has 7 nitrogen and oxygen atoms in total. The number of nitrogens with one attached hydrogen (secondary N) is 1. The van der Waals surface area contributed by atoms with Gasteiger partial charge in [-0.1, -0.05) is 46.0 Å². The van der Waals surface area contributed by atoms with E-state index < -0.39 is 6.10 Å². The van der Waals surface area contributed by atoms with E-state index in [1.165, 1.54) is 32.1 Å². The largest absolute Gasteiger partial charge is 0.449 e. The minimum atomic E-state index is -0.459. The number of amides is 2. The number of β-amino-alcohol motifs (C(OH)–C–C–N with tert-alkyl or cyclic N) is 1. The minimum absolute atomic E-state index is 0.0312. The number of rotatable bonds is 16. The van der Waals surface area contributed by atoms with Crippen molar-refractivity contribution in [2.45, 2.75) is 110 Å². The number of ether oxygens (including phenoxy) is 2. The molecule has 5 atom stereocenters. The van der Waals surface area contributed by atoms with Crippen molar-refractivity contribution >= 4 is 12.0 Å². The molecule has 0 bridgehead atoms. The summed E-state index contributed by atoms with van der Waals surface area (Å²) in [4.78, 5) is 26.4. The standard InChI is InChI=1S/C26H48N2O5/c1-5-7-12-23-22(11-6-2)24(23)18-33-26(31)27-14-10-8-9-13-25(30)28-16-21(29)15-20(28)17-32-19(3)4/h19-24,29H,5-18H2,1-4H3,(H,27,31)/t20-,21+,22+,23-,24+/m0/s1. The van der Waals surface area contributed by atoms with Crippen LogP contribution in [0.2, 0.25) is 0 Å². The highest BCUT2D eigenvalue weighted by atomic mass is 16.5. The first-order valence-electron chi connectivity index (χ1n) is 13.4. The molecule has 1 aliphatic heterocycles. The van der Waals surface area contributed by atoms with E-state index >= 15 is 0 Å². The summed E-state index contributed by atoms with van der Waals surface area (Å²) in [5, 5.41) is 12.8. The highest BCUT2D eigenvalue weighted by Crippen LogP contribution is 2.52. The molecule has 0 spiro atoms. The number of hydrogen-bond acceptors (Lipinski definition) is 5. The maximum atomic E-state index is 12.6. The molecule has 1 heterocycles. The van der Waals surface area contributed by atoms with Crippen molar-refractivity contribution in [1.82, 2.24) is 10.2 Å². The lowest BCUT2D eigenvalue weighted by Crippen LogP contribution is -2.39. The second-order valence-electron chi connectivity index (χ2n) is 10.2. The van der Waals surface area contributed by atoms with Gasteiger partial charge in [-0.05, 0) is 57.3 Å². The van der Waals surface area contributed by atoms with Crippen LogP contribution in [0.15, 0.2) is 0 Å². The first-order valence-corrected chi connectivity index (χ1v) is 13.4. The average Bonchev–Trinajstić information content (AvgIpc) is 3.28. The van der Waals surface area contributed by atoms with Gasteiger partial charge in [0.15, 0.2) is 0 Å². The maximum Gasteiger partial charge on any atom is 0.407 e. The van der Waals surface area contributed by atoms with Crippen LogP contribution in [0.4, 0.5) is 4.79 Å². The summed E-state index contributed by atoms with van der Waals surface area (Å²) in [7, 11) is 0. The zero-order chi connectivity index (χ0) is 24.2. The molecule has 2 aliphatic rings. The molecule has 2 fully saturated rings. The fraction of sp³-hybridized carbons (Fsp3) is 0.923. The van der Waals surface area contributed by atoms with E-state index in [0.717, 1.165) is 31.1 Å². The van der Waals surface area contributed by atoms with Crippen LogP contribution in [0, 0.1) is 17.8 Å². The SMILES string of the molecule is CCCC[C@H]1[C@@H](CCC)[C@H]1COC(=O)NCCCCCC(=O)N1C[C@H](O)C[C@H]1COC(C)C. The van der Waals surface area contributed by atoms with Gasteiger partial charge in [-0.3, -0.25) is 4.79 Å². The van der Waals surface area contributed by atoms with Crippen LogP contribution >= 0.6 is 0 Å². The molecular weight excluding hydrogens is 420 g/mol. The van der Waals surface area contributed by atoms with E-state index in [2.05, 4.69) is 19.2 Å². The van der Waals surface area contributed by atoms with Gasteiger partial charge in [0.05, 0.1) is 31.5 Å². The molecule has 1 saturated carbocycles. The Morgan fingerprint density at radius 1 is 1.00 bits per heavy atom. The number of aliphatic hydroxyl groups is 1. The van der Waals surface area contributed by atoms with Crippen LogP contribution in [0.25, 0.3) is 0 Å². The second kappa shape index (κ2) is 14.8. The number of carbonyl (C=O) groups is 2. The van der Waals surface area contributed by atoms with E-state index in [9.17, 15) is 14.7 Å². The quantitative estimate of drug-likeness (QED) is 0.325. The van der Waals surface area contributed by atoms with Crippen molar-refractivity contribution in [1.29, 1.82) is 0 Å². The monoisotopic (exact) mass is 468 g/mol. The summed E-state index contributed by atoms with van der Waals surface area (Å²) in [5.41, 5.74) is 0. The zero-order valence-electron chi connectivity index (χ0n) is 21.4. The Labute approximate surface area is 201 Å². The Kier molecular flexibility index (Phi) is 12.5. The van der Waals surface area contributed by atoms with Crippen molar-refractivity contribution in [3.05, 3.63) is 0 Å². The van der Waals surface area contributed by atoms with Gasteiger partial charge < -0.3 is 24.8 Å². The van der Waals surface area contributed by atoms with E-state index in [0.29, 0.717) is 45.1 Å². The molecule has 0 radical (unpaired) electrons. The molecule has 192 valence electrons. The molecule has 0 aromatic rings. The fourth-order valence-corrected chi connectivity index (χ4v) is 5.19. The van der Waals surface area contributed by atoms with Crippen LogP contribution in [-0.4, -0.2) is 66.6 Å². The third-order valence-electron chi connectivity index (χ3n) is 7.10. The lowest BCUT2D eigenvalue weighted by atomic mass is 10.1. The second-order valence-corrected chi connectivity index (χ2v) is 10.2. The normalized spacial score (nSPS) is 26.6. The summed E-state index contributed by atoms with van der Waals surface area (Å²) in [5.74, 6) is 2.11. The van der Waals surface area contributed by atoms with Crippen molar-refractivity contribution in [3.8, 4) is 0 Å². The van der Waals surface area contributed by atoms with Crippen molar-refractivity contribution in [2.75, 3.05) is 26.3 Å². The molecule has 0 unspecified atom stereocenters. The summed E-state index contributed by atoms with van der Waals surface area (Å²) in [6.45, 7) is 10.4. The number of carbonyl (C=O) groups excluding carboxylic acids is 2. The third kappa shape index (κ3) is 9.81. The predicted molar refractivity (Wildman–Crippen MR) is 130 cm³/mol. The van der Waals surface area contributed by atoms with Gasteiger partial charge in [-0.25, -0.2) is 4.79 Å². The highest BCUT2D eigenvalue weighted by molar-refractivity contribution is 5.77. The molecule has 2 rings (SSSR count). The van der Waals surface area contributed by atoms with Crippen LogP contribution in [0.3, 0.4) is 0 Å². The van der Waals surface area contributed by atoms with Crippen LogP contribution < -0.4 is 5.32 Å². The van der Waals surface area contributed by atoms with Crippen LogP contribution in [0.5, 0.6) is 0 Å². The molecule has 1 saturated heterocycles. The van der Waals surface area contributed by atoms with Gasteiger partial charge in [0.1, 0.15) is 0 Å². The number of aliphatic hydroxyl groups excluding tert-OH is 1. The van der Waals surface area contributed by atoms with E-state index in [4.69, 9.17) is 9.47 Å². The fourth-order valence-electron chi connectivity index (χ4n) is 5.19. The summed E-state index contributed by atoms with van der Waals surface area (Å²) in [6.07, 6.45) is 9.05. The molecule has 0 aromatic carbocycles. The highest BCUT2D eigenvalue weighted by Gasteiger charge is 2.48. The van der Waals surface area contributed by atoms with Gasteiger partial charge in [-0.15, -0.1) is 0 Å². The average molecular weight is 469 g/mol. The predicted octanol–water partition coefficient (Wildman–Crippen LogP) is 4.51. The number of likely N-dealkylation sites (tertiary alicyclic amines) is 1. The van der Waals surface area contributed by atoms with Crippen molar-refractivity contribution in [2.24, 2.45) is 17.8 Å². The van der Waals surface area contributed by atoms with E-state index in [1.807, 2.05) is 13.8 Å². The Balaban J connectivity index is 1.53. The molecule has 2 amide bonds. The lowest BCUT2D eigenvalue weighted by molar-refractivity contribution is -0.133. The number of nitrogens with zero attached hydrogens (tertiary/aromatic N) is 1. The van der Waals surface area contributed by atoms with Gasteiger partial charge >= 0.3 is 6.09 Å².